The van der Waals surface area contributed by atoms with Gasteiger partial charge in [-0.2, -0.15) is 32.2 Å². The molecule has 0 spiro atoms. The maximum Gasteiger partial charge on any atom is 0.273 e. The van der Waals surface area contributed by atoms with E-state index in [0.29, 0.717) is 94.5 Å². The fraction of sp³-hybridized carbons (Fsp3) is 0.217. The number of thioether (sulfide) groups is 5. The van der Waals surface area contributed by atoms with Gasteiger partial charge in [-0.1, -0.05) is 42.5 Å². The molecule has 40 heteroatoms. The summed E-state index contributed by atoms with van der Waals surface area (Å²) in [7, 11) is 0. The number of carbonyl (C=O) groups is 5. The number of benzene rings is 4. The van der Waals surface area contributed by atoms with Gasteiger partial charge in [-0.25, -0.2) is 43.9 Å². The van der Waals surface area contributed by atoms with Crippen molar-refractivity contribution in [3.8, 4) is 45.0 Å². The number of hydrogen-bond donors (Lipinski definition) is 8. The van der Waals surface area contributed by atoms with Gasteiger partial charge >= 0.3 is 0 Å². The van der Waals surface area contributed by atoms with E-state index in [1.165, 1.54) is 120 Å². The van der Waals surface area contributed by atoms with Crippen molar-refractivity contribution in [3.05, 3.63) is 215 Å². The van der Waals surface area contributed by atoms with Crippen LogP contribution in [-0.2, 0) is 23.9 Å². The molecule has 123 heavy (non-hydrogen) atoms. The van der Waals surface area contributed by atoms with Gasteiger partial charge in [0.2, 0.25) is 0 Å². The maximum absolute atomic E-state index is 14.9. The first kappa shape index (κ1) is 83.5. The summed E-state index contributed by atoms with van der Waals surface area (Å²) in [4.78, 5) is 96.4. The van der Waals surface area contributed by atoms with Crippen LogP contribution in [0.25, 0.3) is 69.3 Å². The van der Waals surface area contributed by atoms with Crippen LogP contribution in [0.1, 0.15) is 71.1 Å². The number of aromatic nitrogens is 12. The minimum atomic E-state index is -0.323. The number of anilines is 7. The number of rotatable bonds is 16. The van der Waals surface area contributed by atoms with Crippen LogP contribution in [0.4, 0.5) is 42.0 Å². The molecule has 624 valence electrons. The Kier molecular flexibility index (Phi) is 26.0. The fourth-order valence-corrected chi connectivity index (χ4v) is 21.5. The van der Waals surface area contributed by atoms with E-state index in [2.05, 4.69) is 119 Å². The monoisotopic (exact) mass is 1810 g/mol. The topological polar surface area (TPSA) is 382 Å². The summed E-state index contributed by atoms with van der Waals surface area (Å²) in [5.74, 6) is 1.03. The Balaban J connectivity index is 0.000000116. The summed E-state index contributed by atoms with van der Waals surface area (Å²) < 4.78 is 20.2. The number of amidine groups is 4. The third-order valence-electron chi connectivity index (χ3n) is 20.6. The Morgan fingerprint density at radius 2 is 0.732 bits per heavy atom. The molecule has 5 amide bonds. The van der Waals surface area contributed by atoms with Crippen molar-refractivity contribution in [2.45, 2.75) is 38.5 Å². The van der Waals surface area contributed by atoms with Crippen molar-refractivity contribution in [1.29, 1.82) is 21.6 Å². The Morgan fingerprint density at radius 1 is 0.398 bits per heavy atom. The average molecular weight is 1810 g/mol. The molecule has 8 N–H and O–H groups in total. The van der Waals surface area contributed by atoms with Gasteiger partial charge in [0.25, 0.3) is 29.5 Å². The van der Waals surface area contributed by atoms with Crippen LogP contribution in [0.2, 0.25) is 0 Å². The quantitative estimate of drug-likeness (QED) is 0.0417. The molecule has 8 fully saturated rings. The molecule has 8 aromatic heterocycles. The second-order valence-corrected chi connectivity index (χ2v) is 37.1. The van der Waals surface area contributed by atoms with Crippen LogP contribution >= 0.6 is 104 Å². The highest BCUT2D eigenvalue weighted by Crippen LogP contribution is 2.43. The number of amides is 5. The first-order chi connectivity index (χ1) is 60.1. The molecule has 0 radical (unpaired) electrons. The predicted octanol–water partition coefficient (Wildman–Crippen LogP) is 16.5. The van der Waals surface area contributed by atoms with Gasteiger partial charge < -0.3 is 24.3 Å². The molecule has 8 aliphatic rings. The maximum atomic E-state index is 14.9. The molecule has 0 saturated carbocycles. The zero-order valence-electron chi connectivity index (χ0n) is 65.3. The van der Waals surface area contributed by atoms with Crippen molar-refractivity contribution >= 4 is 216 Å². The number of halogens is 1. The predicted molar refractivity (Wildman–Crippen MR) is 496 cm³/mol. The summed E-state index contributed by atoms with van der Waals surface area (Å²) in [6.07, 6.45) is 27.2. The van der Waals surface area contributed by atoms with E-state index in [4.69, 9.17) is 26.4 Å². The molecular weight excluding hydrogens is 1740 g/mol. The Labute approximate surface area is 741 Å². The van der Waals surface area contributed by atoms with E-state index in [9.17, 15) is 28.4 Å². The van der Waals surface area contributed by atoms with Gasteiger partial charge in [-0.05, 0) is 158 Å². The molecule has 12 aromatic rings. The Bertz CT molecular complexity index is 5850. The number of ether oxygens (including phenoxy) is 1. The molecular formula is C83H75FN24O6S9. The van der Waals surface area contributed by atoms with Crippen LogP contribution in [0.5, 0.6) is 0 Å². The number of H-pyrrole nitrogens is 4. The van der Waals surface area contributed by atoms with Gasteiger partial charge in [0.05, 0.1) is 86.1 Å². The standard InChI is InChI=1S/C22H20N6O2S2.C21H20N6OS2.C20H17FN6O2S2.C20H18N6OS3/c23-21-28(22-24-8-11-31-22)20(30)17(32-21)12-16-13-25-26-18(16)14-4-6-15(7-5-14)19(29)27-9-2-1-3-10-27;22-20-27(21-23-8-11-29-21)19(28)17(30-20)12-15-13-24-25-18(15)14-4-6-16(7-5-14)26-9-2-1-3-10-26;21-14-9-12(1-2-15(14)26-4-6-29-7-5-26)17-13(11-24-25-17)10-16-18(28)27(19(22)31-16)20-23-3-8-30-20;21-19-26(20-22-5-8-29-20)18(27)16(30-19)11-14-12-23-24-17(14)13-1-3-15(4-2-13)25-6-9-28-10-7-25/h4-8,11-13,23H,1-3,9-10H2,(H,25,26);4-8,11-13,22H,1-3,9-10H2,(H,24,25);1-3,8-11,22H,4-7H2,(H,24,25);1-5,8,11-12,21H,6-7,9-10H2,(H,23,24)/b17-12-,23-21?;17-12-,22-20?;16-10-,22-19?;16-11-,21-19?. The molecule has 0 aliphatic carbocycles. The van der Waals surface area contributed by atoms with Crippen LogP contribution in [0.15, 0.2) is 182 Å². The molecule has 0 unspecified atom stereocenters. The highest BCUT2D eigenvalue weighted by Gasteiger charge is 2.40. The Morgan fingerprint density at radius 3 is 1.08 bits per heavy atom. The lowest BCUT2D eigenvalue weighted by molar-refractivity contribution is -0.114. The summed E-state index contributed by atoms with van der Waals surface area (Å²) in [5.41, 5.74) is 13.3. The fourth-order valence-electron chi connectivity index (χ4n) is 14.5. The highest BCUT2D eigenvalue weighted by molar-refractivity contribution is 8.20. The van der Waals surface area contributed by atoms with Gasteiger partial charge in [-0.15, -0.1) is 45.3 Å². The summed E-state index contributed by atoms with van der Waals surface area (Å²) in [6.45, 7) is 8.48. The number of aromatic amines is 4. The number of nitrogens with one attached hydrogen (secondary N) is 8. The molecule has 8 saturated heterocycles. The van der Waals surface area contributed by atoms with Gasteiger partial charge in [0, 0.05) is 172 Å². The lowest BCUT2D eigenvalue weighted by atomic mass is 10.0. The lowest BCUT2D eigenvalue weighted by Gasteiger charge is -2.29. The van der Waals surface area contributed by atoms with E-state index in [0.717, 1.165) is 150 Å². The van der Waals surface area contributed by atoms with Gasteiger partial charge in [-0.3, -0.25) is 66.0 Å². The summed E-state index contributed by atoms with van der Waals surface area (Å²) in [6, 6.07) is 29.4. The number of likely N-dealkylation sites (tertiary alicyclic amines) is 1. The third kappa shape index (κ3) is 18.6. The second kappa shape index (κ2) is 38.4. The van der Waals surface area contributed by atoms with Gasteiger partial charge in [0.1, 0.15) is 5.82 Å². The third-order valence-corrected chi connectivity index (χ3v) is 28.1. The molecule has 16 heterocycles. The zero-order valence-corrected chi connectivity index (χ0v) is 72.6. The van der Waals surface area contributed by atoms with Crippen molar-refractivity contribution in [2.75, 3.05) is 111 Å². The number of carbonyl (C=O) groups excluding carboxylic acids is 5. The summed E-state index contributed by atoms with van der Waals surface area (Å²) in [5, 5.41) is 70.9. The van der Waals surface area contributed by atoms with E-state index in [1.54, 1.807) is 101 Å². The molecule has 0 bridgehead atoms. The van der Waals surface area contributed by atoms with Crippen molar-refractivity contribution < 1.29 is 33.1 Å². The summed E-state index contributed by atoms with van der Waals surface area (Å²) >= 11 is 11.7. The first-order valence-electron chi connectivity index (χ1n) is 39.0. The molecule has 4 aromatic carbocycles. The number of piperidine rings is 2. The van der Waals surface area contributed by atoms with Crippen molar-refractivity contribution in [1.82, 2.24) is 65.6 Å². The number of morpholine rings is 1. The second-order valence-electron chi connectivity index (χ2n) is 28.2. The Hall–Kier alpha value is -11.7. The average Bonchev–Trinajstić information content (AvgIpc) is 1.65. The minimum absolute atomic E-state index is 0.0666. The number of hydrogen-bond acceptors (Lipinski definition) is 30. The largest absolute Gasteiger partial charge is 0.378 e. The zero-order chi connectivity index (χ0) is 84.5. The lowest BCUT2D eigenvalue weighted by Crippen LogP contribution is -2.36. The molecule has 20 rings (SSSR count). The number of thiazole rings is 4. The van der Waals surface area contributed by atoms with E-state index in [1.807, 2.05) is 51.9 Å². The van der Waals surface area contributed by atoms with Crippen LogP contribution in [-0.4, -0.2) is 193 Å². The van der Waals surface area contributed by atoms with Crippen LogP contribution in [0.3, 0.4) is 0 Å². The SMILES string of the molecule is N=C1S/C(=C\c2cn[nH]c2-c2ccc(C(=O)N3CCCCC3)cc2)C(=O)N1c1nccs1.N=C1S/C(=C\c2cn[nH]c2-c2ccc(N3CCCCC3)cc2)C(=O)N1c1nccs1.N=C1S/C(=C\c2cn[nH]c2-c2ccc(N3CCOCC3)c(F)c2)C(=O)N1c1nccs1.N=C1S/C(=C\c2cn[nH]c2-c2ccc(N3CCSCC3)cc2)C(=O)N1c1nccs1. The highest BCUT2D eigenvalue weighted by atomic mass is 32.2. The van der Waals surface area contributed by atoms with Crippen molar-refractivity contribution in [2.24, 2.45) is 0 Å². The van der Waals surface area contributed by atoms with E-state index in [-0.39, 0.29) is 56.0 Å². The van der Waals surface area contributed by atoms with Gasteiger partial charge in [0.15, 0.2) is 41.2 Å². The first-order valence-corrected chi connectivity index (χ1v) is 46.9. The molecule has 30 nitrogen and oxygen atoms in total. The number of nitrogens with zero attached hydrogens (tertiary/aromatic N) is 16. The van der Waals surface area contributed by atoms with Crippen LogP contribution in [0, 0.1) is 27.5 Å². The van der Waals surface area contributed by atoms with E-state index < -0.39 is 0 Å². The van der Waals surface area contributed by atoms with Crippen LogP contribution < -0.4 is 34.3 Å². The van der Waals surface area contributed by atoms with E-state index >= 15 is 0 Å². The normalized spacial score (nSPS) is 18.4. The molecule has 8 aliphatic heterocycles. The van der Waals surface area contributed by atoms with Crippen molar-refractivity contribution in [3.63, 3.8) is 0 Å². The molecule has 0 atom stereocenters. The smallest absolute Gasteiger partial charge is 0.273 e. The minimum Gasteiger partial charge on any atom is -0.378 e.